The number of hydrogen-bond donors (Lipinski definition) is 0. The molecule has 7 nitrogen and oxygen atoms in total. The van der Waals surface area contributed by atoms with Gasteiger partial charge in [0.05, 0.1) is 16.7 Å². The second kappa shape index (κ2) is 7.14. The molecule has 0 amide bonds. The lowest BCUT2D eigenvalue weighted by Gasteiger charge is -2.12. The van der Waals surface area contributed by atoms with Crippen molar-refractivity contribution in [2.24, 2.45) is 7.05 Å². The van der Waals surface area contributed by atoms with Gasteiger partial charge in [0, 0.05) is 20.1 Å². The van der Waals surface area contributed by atoms with Crippen molar-refractivity contribution in [3.63, 3.8) is 0 Å². The maximum Gasteiger partial charge on any atom is 0.276 e. The van der Waals surface area contributed by atoms with Crippen LogP contribution in [0.5, 0.6) is 0 Å². The van der Waals surface area contributed by atoms with E-state index in [0.29, 0.717) is 40.7 Å². The summed E-state index contributed by atoms with van der Waals surface area (Å²) in [4.78, 5) is 17.0. The molecule has 4 rings (SSSR count). The van der Waals surface area contributed by atoms with Gasteiger partial charge < -0.3 is 4.42 Å². The molecular weight excluding hydrogens is 386 g/mol. The fourth-order valence-corrected chi connectivity index (χ4v) is 5.40. The first-order valence-corrected chi connectivity index (χ1v) is 11.1. The molecule has 142 valence electrons. The minimum atomic E-state index is -3.56. The third-order valence-electron chi connectivity index (χ3n) is 4.58. The van der Waals surface area contributed by atoms with Gasteiger partial charge in [0.2, 0.25) is 5.09 Å². The molecule has 1 saturated heterocycles. The normalized spacial score (nSPS) is 15.6. The van der Waals surface area contributed by atoms with Crippen LogP contribution >= 0.6 is 11.8 Å². The second-order valence-corrected chi connectivity index (χ2v) is 9.21. The van der Waals surface area contributed by atoms with Gasteiger partial charge in [-0.2, -0.15) is 4.31 Å². The molecule has 0 N–H and O–H groups in total. The number of rotatable bonds is 5. The third-order valence-corrected chi connectivity index (χ3v) is 7.41. The highest BCUT2D eigenvalue weighted by atomic mass is 32.2. The number of aromatic nitrogens is 2. The summed E-state index contributed by atoms with van der Waals surface area (Å²) in [5.41, 5.74) is 0.527. The number of furan rings is 1. The van der Waals surface area contributed by atoms with Crippen LogP contribution in [0.15, 0.2) is 55.9 Å². The Morgan fingerprint density at radius 2 is 1.89 bits per heavy atom. The zero-order chi connectivity index (χ0) is 19.0. The van der Waals surface area contributed by atoms with Crippen LogP contribution in [-0.2, 0) is 22.8 Å². The summed E-state index contributed by atoms with van der Waals surface area (Å²) >= 11 is 1.34. The lowest BCUT2D eigenvalue weighted by molar-refractivity contribution is 0.397. The number of para-hydroxylation sites is 1. The van der Waals surface area contributed by atoms with Crippen LogP contribution in [0.25, 0.3) is 10.9 Å². The molecule has 1 aliphatic rings. The Balaban J connectivity index is 1.55. The highest BCUT2D eigenvalue weighted by Gasteiger charge is 2.29. The Bertz CT molecular complexity index is 1140. The van der Waals surface area contributed by atoms with E-state index in [2.05, 4.69) is 4.98 Å². The molecule has 27 heavy (non-hydrogen) atoms. The van der Waals surface area contributed by atoms with Crippen LogP contribution in [0, 0.1) is 0 Å². The highest BCUT2D eigenvalue weighted by Crippen LogP contribution is 2.26. The number of benzene rings is 1. The molecule has 0 spiro atoms. The fourth-order valence-electron chi connectivity index (χ4n) is 3.09. The van der Waals surface area contributed by atoms with E-state index in [-0.39, 0.29) is 10.7 Å². The SMILES string of the molecule is Cn1c(SCc2ccc(S(=O)(=O)N3CCCC3)o2)nc2ccccc2c1=O. The molecule has 0 saturated carbocycles. The molecule has 2 aromatic heterocycles. The molecule has 1 fully saturated rings. The molecule has 1 aliphatic heterocycles. The van der Waals surface area contributed by atoms with Gasteiger partial charge in [-0.3, -0.25) is 9.36 Å². The highest BCUT2D eigenvalue weighted by molar-refractivity contribution is 7.98. The number of thioether (sulfide) groups is 1. The van der Waals surface area contributed by atoms with Gasteiger partial charge in [0.25, 0.3) is 15.6 Å². The Hall–Kier alpha value is -2.10. The standard InChI is InChI=1S/C18H19N3O4S2/c1-20-17(22)14-6-2-3-7-15(14)19-18(20)26-12-13-8-9-16(25-13)27(23,24)21-10-4-5-11-21/h2-3,6-9H,4-5,10-12H2,1H3. The summed E-state index contributed by atoms with van der Waals surface area (Å²) in [6, 6.07) is 10.4. The molecule has 0 bridgehead atoms. The lowest BCUT2D eigenvalue weighted by Crippen LogP contribution is -2.27. The van der Waals surface area contributed by atoms with Gasteiger partial charge in [-0.15, -0.1) is 0 Å². The van der Waals surface area contributed by atoms with Crippen molar-refractivity contribution in [1.29, 1.82) is 0 Å². The molecule has 9 heteroatoms. The quantitative estimate of drug-likeness (QED) is 0.479. The summed E-state index contributed by atoms with van der Waals surface area (Å²) < 4.78 is 33.6. The van der Waals surface area contributed by atoms with Crippen LogP contribution in [0.4, 0.5) is 0 Å². The van der Waals surface area contributed by atoms with E-state index in [0.717, 1.165) is 12.8 Å². The maximum atomic E-state index is 12.5. The number of hydrogen-bond acceptors (Lipinski definition) is 6. The van der Waals surface area contributed by atoms with Gasteiger partial charge in [0.1, 0.15) is 5.76 Å². The minimum Gasteiger partial charge on any atom is -0.447 e. The fraction of sp³-hybridized carbons (Fsp3) is 0.333. The molecule has 1 aromatic carbocycles. The van der Waals surface area contributed by atoms with Crippen LogP contribution in [0.1, 0.15) is 18.6 Å². The molecule has 0 atom stereocenters. The summed E-state index contributed by atoms with van der Waals surface area (Å²) in [5, 5.41) is 1.10. The average Bonchev–Trinajstić information content (AvgIpc) is 3.36. The van der Waals surface area contributed by atoms with Gasteiger partial charge in [0.15, 0.2) is 5.16 Å². The van der Waals surface area contributed by atoms with Crippen molar-refractivity contribution in [3.8, 4) is 0 Å². The molecule has 0 unspecified atom stereocenters. The Labute approximate surface area is 161 Å². The van der Waals surface area contributed by atoms with Crippen molar-refractivity contribution < 1.29 is 12.8 Å². The number of nitrogens with zero attached hydrogens (tertiary/aromatic N) is 3. The monoisotopic (exact) mass is 405 g/mol. The zero-order valence-corrected chi connectivity index (χ0v) is 16.4. The van der Waals surface area contributed by atoms with Gasteiger partial charge in [-0.25, -0.2) is 13.4 Å². The molecular formula is C18H19N3O4S2. The van der Waals surface area contributed by atoms with Crippen molar-refractivity contribution in [1.82, 2.24) is 13.9 Å². The molecule has 0 radical (unpaired) electrons. The Morgan fingerprint density at radius 3 is 2.67 bits per heavy atom. The van der Waals surface area contributed by atoms with Gasteiger partial charge in [-0.05, 0) is 37.1 Å². The van der Waals surface area contributed by atoms with Crippen molar-refractivity contribution >= 4 is 32.7 Å². The largest absolute Gasteiger partial charge is 0.447 e. The molecule has 0 aliphatic carbocycles. The van der Waals surface area contributed by atoms with E-state index in [4.69, 9.17) is 4.42 Å². The van der Waals surface area contributed by atoms with E-state index in [1.54, 1.807) is 25.2 Å². The van der Waals surface area contributed by atoms with Crippen LogP contribution in [0.3, 0.4) is 0 Å². The van der Waals surface area contributed by atoms with Gasteiger partial charge in [-0.1, -0.05) is 23.9 Å². The number of sulfonamides is 1. The summed E-state index contributed by atoms with van der Waals surface area (Å²) in [7, 11) is -1.88. The van der Waals surface area contributed by atoms with Crippen LogP contribution in [0.2, 0.25) is 0 Å². The van der Waals surface area contributed by atoms with E-state index in [1.165, 1.54) is 26.7 Å². The predicted octanol–water partition coefficient (Wildman–Crippen LogP) is 2.60. The summed E-state index contributed by atoms with van der Waals surface area (Å²) in [6.07, 6.45) is 1.76. The minimum absolute atomic E-state index is 0.0274. The first kappa shape index (κ1) is 18.3. The van der Waals surface area contributed by atoms with E-state index in [1.807, 2.05) is 12.1 Å². The van der Waals surface area contributed by atoms with E-state index < -0.39 is 10.0 Å². The van der Waals surface area contributed by atoms with Gasteiger partial charge >= 0.3 is 0 Å². The smallest absolute Gasteiger partial charge is 0.276 e. The topological polar surface area (TPSA) is 85.4 Å². The van der Waals surface area contributed by atoms with E-state index in [9.17, 15) is 13.2 Å². The van der Waals surface area contributed by atoms with Crippen molar-refractivity contribution in [2.45, 2.75) is 28.8 Å². The first-order valence-electron chi connectivity index (χ1n) is 8.64. The summed E-state index contributed by atoms with van der Waals surface area (Å²) in [5.74, 6) is 0.911. The third kappa shape index (κ3) is 3.42. The predicted molar refractivity (Wildman–Crippen MR) is 103 cm³/mol. The second-order valence-electron chi connectivity index (χ2n) is 6.40. The lowest BCUT2D eigenvalue weighted by atomic mass is 10.2. The average molecular weight is 406 g/mol. The zero-order valence-electron chi connectivity index (χ0n) is 14.8. The first-order chi connectivity index (χ1) is 13.0. The molecule has 3 aromatic rings. The Morgan fingerprint density at radius 1 is 1.15 bits per heavy atom. The van der Waals surface area contributed by atoms with Crippen molar-refractivity contribution in [3.05, 3.63) is 52.5 Å². The van der Waals surface area contributed by atoms with Crippen molar-refractivity contribution in [2.75, 3.05) is 13.1 Å². The van der Waals surface area contributed by atoms with E-state index >= 15 is 0 Å². The maximum absolute atomic E-state index is 12.5. The Kier molecular flexibility index (Phi) is 4.83. The molecule has 3 heterocycles. The van der Waals surface area contributed by atoms with Crippen LogP contribution < -0.4 is 5.56 Å². The number of fused-ring (bicyclic) bond motifs is 1. The summed E-state index contributed by atoms with van der Waals surface area (Å²) in [6.45, 7) is 1.08. The van der Waals surface area contributed by atoms with Crippen LogP contribution in [-0.4, -0.2) is 35.4 Å².